The van der Waals surface area contributed by atoms with Gasteiger partial charge in [-0.25, -0.2) is 4.98 Å². The summed E-state index contributed by atoms with van der Waals surface area (Å²) in [4.78, 5) is 28.9. The second-order valence-corrected chi connectivity index (χ2v) is 6.15. The molecule has 2 heterocycles. The zero-order valence-electron chi connectivity index (χ0n) is 12.7. The lowest BCUT2D eigenvalue weighted by Crippen LogP contribution is -2.23. The molecule has 1 aromatic carbocycles. The molecule has 0 aliphatic rings. The van der Waals surface area contributed by atoms with Crippen LogP contribution in [-0.4, -0.2) is 15.5 Å². The number of hydrogen-bond acceptors (Lipinski definition) is 4. The number of fused-ring (bicyclic) bond motifs is 1. The lowest BCUT2D eigenvalue weighted by Gasteiger charge is -2.10. The van der Waals surface area contributed by atoms with Crippen LogP contribution in [0.5, 0.6) is 0 Å². The number of anilines is 1. The first kappa shape index (κ1) is 17.2. The molecule has 0 fully saturated rings. The van der Waals surface area contributed by atoms with Crippen molar-refractivity contribution in [1.82, 2.24) is 9.55 Å². The van der Waals surface area contributed by atoms with Crippen molar-refractivity contribution in [3.05, 3.63) is 58.0 Å². The third-order valence-corrected chi connectivity index (χ3v) is 4.32. The van der Waals surface area contributed by atoms with Crippen LogP contribution in [0, 0.1) is 0 Å². The van der Waals surface area contributed by atoms with Crippen LogP contribution in [0.4, 0.5) is 18.9 Å². The minimum absolute atomic E-state index is 0.0542. The van der Waals surface area contributed by atoms with Gasteiger partial charge in [0, 0.05) is 18.7 Å². The first-order chi connectivity index (χ1) is 11.8. The van der Waals surface area contributed by atoms with Gasteiger partial charge in [-0.1, -0.05) is 6.07 Å². The Labute approximate surface area is 143 Å². The Morgan fingerprint density at radius 1 is 1.28 bits per heavy atom. The number of carbonyl (C=O) groups excluding carboxylic acids is 1. The summed E-state index contributed by atoms with van der Waals surface area (Å²) >= 11 is 1.34. The summed E-state index contributed by atoms with van der Waals surface area (Å²) in [6.07, 6.45) is -3.18. The number of hydrogen-bond donors (Lipinski definition) is 1. The van der Waals surface area contributed by atoms with Crippen molar-refractivity contribution in [1.29, 1.82) is 0 Å². The fraction of sp³-hybridized carbons (Fsp3) is 0.188. The summed E-state index contributed by atoms with van der Waals surface area (Å²) < 4.78 is 39.3. The molecule has 130 valence electrons. The molecule has 25 heavy (non-hydrogen) atoms. The molecule has 0 radical (unpaired) electrons. The molecule has 0 unspecified atom stereocenters. The van der Waals surface area contributed by atoms with E-state index in [9.17, 15) is 22.8 Å². The lowest BCUT2D eigenvalue weighted by molar-refractivity contribution is -0.137. The SMILES string of the molecule is O=C(CCn1cnc2sccc2c1=O)Nc1cccc(C(F)(F)F)c1. The van der Waals surface area contributed by atoms with Gasteiger partial charge >= 0.3 is 6.18 Å². The molecule has 1 amide bonds. The molecule has 0 spiro atoms. The quantitative estimate of drug-likeness (QED) is 0.768. The van der Waals surface area contributed by atoms with Gasteiger partial charge in [0.05, 0.1) is 17.3 Å². The molecule has 9 heteroatoms. The standard InChI is InChI=1S/C16H12F3N3O2S/c17-16(18,19)10-2-1-3-11(8-10)21-13(23)4-6-22-9-20-14-12(15(22)24)5-7-25-14/h1-3,5,7-9H,4,6H2,(H,21,23). The zero-order chi connectivity index (χ0) is 18.0. The Balaban J connectivity index is 1.67. The minimum atomic E-state index is -4.48. The molecular formula is C16H12F3N3O2S. The highest BCUT2D eigenvalue weighted by Crippen LogP contribution is 2.30. The highest BCUT2D eigenvalue weighted by atomic mass is 32.1. The fourth-order valence-electron chi connectivity index (χ4n) is 2.27. The predicted molar refractivity (Wildman–Crippen MR) is 88.6 cm³/mol. The van der Waals surface area contributed by atoms with Crippen molar-refractivity contribution in [2.24, 2.45) is 0 Å². The Bertz CT molecular complexity index is 978. The number of nitrogens with zero attached hydrogens (tertiary/aromatic N) is 2. The van der Waals surface area contributed by atoms with E-state index in [2.05, 4.69) is 10.3 Å². The molecule has 1 N–H and O–H groups in total. The van der Waals surface area contributed by atoms with E-state index in [1.807, 2.05) is 0 Å². The third kappa shape index (κ3) is 3.87. The van der Waals surface area contributed by atoms with Crippen molar-refractivity contribution in [3.8, 4) is 0 Å². The highest BCUT2D eigenvalue weighted by molar-refractivity contribution is 7.16. The summed E-state index contributed by atoms with van der Waals surface area (Å²) in [5.74, 6) is -0.489. The molecular weight excluding hydrogens is 355 g/mol. The smallest absolute Gasteiger partial charge is 0.326 e. The van der Waals surface area contributed by atoms with Crippen molar-refractivity contribution in [2.45, 2.75) is 19.1 Å². The van der Waals surface area contributed by atoms with Crippen molar-refractivity contribution in [2.75, 3.05) is 5.32 Å². The molecule has 3 aromatic rings. The number of carbonyl (C=O) groups is 1. The largest absolute Gasteiger partial charge is 0.416 e. The second kappa shape index (κ2) is 6.67. The Hall–Kier alpha value is -2.68. The van der Waals surface area contributed by atoms with Crippen molar-refractivity contribution in [3.63, 3.8) is 0 Å². The van der Waals surface area contributed by atoms with Gasteiger partial charge in [0.2, 0.25) is 5.91 Å². The number of aromatic nitrogens is 2. The lowest BCUT2D eigenvalue weighted by atomic mass is 10.2. The van der Waals surface area contributed by atoms with Gasteiger partial charge in [-0.15, -0.1) is 11.3 Å². The van der Waals surface area contributed by atoms with Gasteiger partial charge in [0.1, 0.15) is 4.83 Å². The average molecular weight is 367 g/mol. The number of aryl methyl sites for hydroxylation is 1. The number of amides is 1. The van der Waals surface area contributed by atoms with Crippen LogP contribution >= 0.6 is 11.3 Å². The average Bonchev–Trinajstić information content (AvgIpc) is 3.03. The summed E-state index contributed by atoms with van der Waals surface area (Å²) in [5, 5.41) is 4.63. The number of benzene rings is 1. The van der Waals surface area contributed by atoms with Gasteiger partial charge in [-0.05, 0) is 29.6 Å². The van der Waals surface area contributed by atoms with Crippen LogP contribution in [0.25, 0.3) is 10.2 Å². The minimum Gasteiger partial charge on any atom is -0.326 e. The van der Waals surface area contributed by atoms with Gasteiger partial charge in [0.25, 0.3) is 5.56 Å². The van der Waals surface area contributed by atoms with Crippen LogP contribution in [0.1, 0.15) is 12.0 Å². The molecule has 0 saturated heterocycles. The summed E-state index contributed by atoms with van der Waals surface area (Å²) in [6.45, 7) is 0.0857. The van der Waals surface area contributed by atoms with Gasteiger partial charge < -0.3 is 5.32 Å². The van der Waals surface area contributed by atoms with E-state index in [0.29, 0.717) is 10.2 Å². The number of thiophene rings is 1. The van der Waals surface area contributed by atoms with Gasteiger partial charge in [-0.3, -0.25) is 14.2 Å². The molecule has 3 rings (SSSR count). The van der Waals surface area contributed by atoms with E-state index >= 15 is 0 Å². The second-order valence-electron chi connectivity index (χ2n) is 5.26. The maximum absolute atomic E-state index is 12.7. The Morgan fingerprint density at radius 2 is 2.08 bits per heavy atom. The monoisotopic (exact) mass is 367 g/mol. The number of halogens is 3. The maximum atomic E-state index is 12.7. The van der Waals surface area contributed by atoms with Crippen molar-refractivity contribution < 1.29 is 18.0 Å². The van der Waals surface area contributed by atoms with Crippen LogP contribution in [0.15, 0.2) is 46.8 Å². The predicted octanol–water partition coefficient (Wildman–Crippen LogP) is 3.51. The molecule has 5 nitrogen and oxygen atoms in total. The normalized spacial score (nSPS) is 11.6. The first-order valence-corrected chi connectivity index (χ1v) is 8.12. The van der Waals surface area contributed by atoms with E-state index in [0.717, 1.165) is 12.1 Å². The number of alkyl halides is 3. The summed E-state index contributed by atoms with van der Waals surface area (Å²) in [6, 6.07) is 6.05. The maximum Gasteiger partial charge on any atom is 0.416 e. The van der Waals surface area contributed by atoms with Crippen LogP contribution < -0.4 is 10.9 Å². The summed E-state index contributed by atoms with van der Waals surface area (Å²) in [5.41, 5.74) is -1.04. The molecule has 2 aromatic heterocycles. The molecule has 0 bridgehead atoms. The molecule has 0 aliphatic heterocycles. The third-order valence-electron chi connectivity index (χ3n) is 3.50. The topological polar surface area (TPSA) is 64.0 Å². The summed E-state index contributed by atoms with van der Waals surface area (Å²) in [7, 11) is 0. The molecule has 0 saturated carbocycles. The molecule has 0 aliphatic carbocycles. The van der Waals surface area contributed by atoms with Crippen LogP contribution in [0.3, 0.4) is 0 Å². The zero-order valence-corrected chi connectivity index (χ0v) is 13.5. The molecule has 0 atom stereocenters. The van der Waals surface area contributed by atoms with Crippen molar-refractivity contribution >= 4 is 33.1 Å². The van der Waals surface area contributed by atoms with E-state index in [-0.39, 0.29) is 24.2 Å². The highest BCUT2D eigenvalue weighted by Gasteiger charge is 2.30. The Kier molecular flexibility index (Phi) is 4.58. The van der Waals surface area contributed by atoms with E-state index in [1.165, 1.54) is 34.4 Å². The van der Waals surface area contributed by atoms with Gasteiger partial charge in [0.15, 0.2) is 0 Å². The number of nitrogens with one attached hydrogen (secondary N) is 1. The first-order valence-electron chi connectivity index (χ1n) is 7.24. The Morgan fingerprint density at radius 3 is 2.84 bits per heavy atom. The van der Waals surface area contributed by atoms with E-state index in [1.54, 1.807) is 11.4 Å². The fourth-order valence-corrected chi connectivity index (χ4v) is 2.99. The van der Waals surface area contributed by atoms with Gasteiger partial charge in [-0.2, -0.15) is 13.2 Å². The van der Waals surface area contributed by atoms with Crippen LogP contribution in [-0.2, 0) is 17.5 Å². The number of rotatable bonds is 4. The van der Waals surface area contributed by atoms with E-state index < -0.39 is 17.6 Å². The van der Waals surface area contributed by atoms with Crippen LogP contribution in [0.2, 0.25) is 0 Å². The van der Waals surface area contributed by atoms with E-state index in [4.69, 9.17) is 0 Å².